The van der Waals surface area contributed by atoms with Gasteiger partial charge >= 0.3 is 0 Å². The van der Waals surface area contributed by atoms with Gasteiger partial charge in [0.05, 0.1) is 5.02 Å². The zero-order valence-electron chi connectivity index (χ0n) is 12.3. The Morgan fingerprint density at radius 2 is 2.19 bits per heavy atom. The summed E-state index contributed by atoms with van der Waals surface area (Å²) in [6.45, 7) is 6.02. The maximum absolute atomic E-state index is 6.22. The van der Waals surface area contributed by atoms with Gasteiger partial charge in [0.2, 0.25) is 0 Å². The molecule has 1 heterocycles. The first kappa shape index (κ1) is 16.5. The molecule has 0 saturated carbocycles. The molecule has 1 atom stereocenters. The number of hydrogen-bond acceptors (Lipinski definition) is 3. The van der Waals surface area contributed by atoms with Gasteiger partial charge in [0.15, 0.2) is 0 Å². The Kier molecular flexibility index (Phi) is 6.21. The van der Waals surface area contributed by atoms with Crippen molar-refractivity contribution in [2.45, 2.75) is 39.3 Å². The number of rotatable bonds is 7. The number of halogens is 2. The van der Waals surface area contributed by atoms with Gasteiger partial charge in [-0.2, -0.15) is 5.10 Å². The van der Waals surface area contributed by atoms with Crippen LogP contribution in [0, 0.1) is 0 Å². The quantitative estimate of drug-likeness (QED) is 0.800. The summed E-state index contributed by atoms with van der Waals surface area (Å²) in [6, 6.07) is 6.27. The normalized spacial score (nSPS) is 12.6. The molecular weight excluding hydrogens is 352 g/mol. The van der Waals surface area contributed by atoms with Gasteiger partial charge in [-0.3, -0.25) is 4.68 Å². The highest BCUT2D eigenvalue weighted by atomic mass is 79.9. The predicted molar refractivity (Wildman–Crippen MR) is 89.6 cm³/mol. The Hall–Kier alpha value is -0.910. The Labute approximate surface area is 139 Å². The predicted octanol–water partition coefficient (Wildman–Crippen LogP) is 4.00. The molecule has 0 saturated heterocycles. The molecule has 114 valence electrons. The van der Waals surface area contributed by atoms with Gasteiger partial charge in [0.1, 0.15) is 12.2 Å². The van der Waals surface area contributed by atoms with Crippen LogP contribution in [0.3, 0.4) is 0 Å². The number of aryl methyl sites for hydroxylation is 1. The van der Waals surface area contributed by atoms with Crippen LogP contribution in [0.1, 0.15) is 37.7 Å². The molecular formula is C15H20BrClN4. The number of hydrogen-bond donors (Lipinski definition) is 1. The lowest BCUT2D eigenvalue weighted by atomic mass is 10.0. The van der Waals surface area contributed by atoms with Gasteiger partial charge in [-0.1, -0.05) is 24.6 Å². The van der Waals surface area contributed by atoms with Crippen LogP contribution in [0.5, 0.6) is 0 Å². The Morgan fingerprint density at radius 1 is 1.38 bits per heavy atom. The summed E-state index contributed by atoms with van der Waals surface area (Å²) in [5.74, 6) is 0.991. The first-order valence-electron chi connectivity index (χ1n) is 7.20. The van der Waals surface area contributed by atoms with Crippen molar-refractivity contribution in [3.05, 3.63) is 45.4 Å². The van der Waals surface area contributed by atoms with Gasteiger partial charge in [-0.25, -0.2) is 4.98 Å². The molecule has 2 rings (SSSR count). The minimum atomic E-state index is 0.185. The highest BCUT2D eigenvalue weighted by molar-refractivity contribution is 9.10. The first-order chi connectivity index (χ1) is 10.2. The van der Waals surface area contributed by atoms with Crippen molar-refractivity contribution in [1.82, 2.24) is 20.1 Å². The maximum Gasteiger partial charge on any atom is 0.138 e. The van der Waals surface area contributed by atoms with E-state index in [9.17, 15) is 0 Å². The first-order valence-corrected chi connectivity index (χ1v) is 8.37. The van der Waals surface area contributed by atoms with Crippen LogP contribution in [0.4, 0.5) is 0 Å². The smallest absolute Gasteiger partial charge is 0.138 e. The van der Waals surface area contributed by atoms with E-state index < -0.39 is 0 Å². The second-order valence-electron chi connectivity index (χ2n) is 4.88. The zero-order chi connectivity index (χ0) is 15.2. The summed E-state index contributed by atoms with van der Waals surface area (Å²) >= 11 is 9.66. The molecule has 0 fully saturated rings. The number of nitrogens with zero attached hydrogens (tertiary/aromatic N) is 3. The summed E-state index contributed by atoms with van der Waals surface area (Å²) in [7, 11) is 0. The highest BCUT2D eigenvalue weighted by Gasteiger charge is 2.16. The van der Waals surface area contributed by atoms with E-state index in [1.54, 1.807) is 6.33 Å². The van der Waals surface area contributed by atoms with Crippen molar-refractivity contribution in [1.29, 1.82) is 0 Å². The van der Waals surface area contributed by atoms with Gasteiger partial charge in [-0.15, -0.1) is 0 Å². The summed E-state index contributed by atoms with van der Waals surface area (Å²) in [4.78, 5) is 4.37. The minimum Gasteiger partial charge on any atom is -0.310 e. The van der Waals surface area contributed by atoms with E-state index in [0.29, 0.717) is 0 Å². The van der Waals surface area contributed by atoms with Crippen molar-refractivity contribution >= 4 is 27.5 Å². The lowest BCUT2D eigenvalue weighted by Gasteiger charge is -2.19. The fraction of sp³-hybridized carbons (Fsp3) is 0.467. The van der Waals surface area contributed by atoms with Crippen molar-refractivity contribution in [2.75, 3.05) is 6.54 Å². The van der Waals surface area contributed by atoms with Crippen molar-refractivity contribution in [2.24, 2.45) is 0 Å². The lowest BCUT2D eigenvalue weighted by molar-refractivity contribution is 0.497. The molecule has 21 heavy (non-hydrogen) atoms. The van der Waals surface area contributed by atoms with Gasteiger partial charge in [0.25, 0.3) is 0 Å². The van der Waals surface area contributed by atoms with Crippen LogP contribution in [0.15, 0.2) is 29.0 Å². The SMILES string of the molecule is CCCNC(Cc1ncnn1CC)c1ccc(Br)c(Cl)c1. The average Bonchev–Trinajstić information content (AvgIpc) is 2.93. The summed E-state index contributed by atoms with van der Waals surface area (Å²) in [5, 5.41) is 8.53. The molecule has 1 unspecified atom stereocenters. The summed E-state index contributed by atoms with van der Waals surface area (Å²) in [6.07, 6.45) is 3.50. The van der Waals surface area contributed by atoms with E-state index in [-0.39, 0.29) is 6.04 Å². The summed E-state index contributed by atoms with van der Waals surface area (Å²) < 4.78 is 2.85. The van der Waals surface area contributed by atoms with Crippen LogP contribution < -0.4 is 5.32 Å². The van der Waals surface area contributed by atoms with Crippen LogP contribution in [-0.4, -0.2) is 21.3 Å². The average molecular weight is 372 g/mol. The van der Waals surface area contributed by atoms with E-state index in [2.05, 4.69) is 51.2 Å². The second kappa shape index (κ2) is 7.92. The molecule has 0 bridgehead atoms. The van der Waals surface area contributed by atoms with Crippen LogP contribution >= 0.6 is 27.5 Å². The van der Waals surface area contributed by atoms with Crippen molar-refractivity contribution in [3.63, 3.8) is 0 Å². The molecule has 1 aromatic heterocycles. The molecule has 0 radical (unpaired) electrons. The third-order valence-electron chi connectivity index (χ3n) is 3.37. The molecule has 1 N–H and O–H groups in total. The van der Waals surface area contributed by atoms with Crippen molar-refractivity contribution in [3.8, 4) is 0 Å². The molecule has 0 amide bonds. The molecule has 4 nitrogen and oxygen atoms in total. The zero-order valence-corrected chi connectivity index (χ0v) is 14.7. The van der Waals surface area contributed by atoms with Gasteiger partial charge in [-0.05, 0) is 53.5 Å². The Morgan fingerprint density at radius 3 is 2.86 bits per heavy atom. The number of aromatic nitrogens is 3. The minimum absolute atomic E-state index is 0.185. The van der Waals surface area contributed by atoms with Gasteiger partial charge < -0.3 is 5.32 Å². The monoisotopic (exact) mass is 370 g/mol. The highest BCUT2D eigenvalue weighted by Crippen LogP contribution is 2.27. The third-order valence-corrected chi connectivity index (χ3v) is 4.60. The van der Waals surface area contributed by atoms with E-state index >= 15 is 0 Å². The topological polar surface area (TPSA) is 42.7 Å². The van der Waals surface area contributed by atoms with E-state index in [1.165, 1.54) is 5.56 Å². The summed E-state index contributed by atoms with van der Waals surface area (Å²) in [5.41, 5.74) is 1.17. The molecule has 0 spiro atoms. The van der Waals surface area contributed by atoms with Crippen molar-refractivity contribution < 1.29 is 0 Å². The lowest BCUT2D eigenvalue weighted by Crippen LogP contribution is -2.25. The molecule has 0 aliphatic heterocycles. The maximum atomic E-state index is 6.22. The van der Waals surface area contributed by atoms with Crippen LogP contribution in [0.25, 0.3) is 0 Å². The number of nitrogens with one attached hydrogen (secondary N) is 1. The van der Waals surface area contributed by atoms with Crippen LogP contribution in [-0.2, 0) is 13.0 Å². The fourth-order valence-electron chi connectivity index (χ4n) is 2.25. The largest absolute Gasteiger partial charge is 0.310 e. The molecule has 0 aliphatic carbocycles. The Balaban J connectivity index is 2.23. The van der Waals surface area contributed by atoms with Gasteiger partial charge in [0, 0.05) is 23.5 Å². The van der Waals surface area contributed by atoms with E-state index in [4.69, 9.17) is 11.6 Å². The molecule has 6 heteroatoms. The third kappa shape index (κ3) is 4.28. The molecule has 1 aromatic carbocycles. The van der Waals surface area contributed by atoms with E-state index in [0.717, 1.165) is 41.3 Å². The molecule has 0 aliphatic rings. The standard InChI is InChI=1S/C15H20BrClN4/c1-3-7-18-14(9-15-19-10-20-21(15)4-2)11-5-6-12(16)13(17)8-11/h5-6,8,10,14,18H,3-4,7,9H2,1-2H3. The fourth-order valence-corrected chi connectivity index (χ4v) is 2.68. The Bertz CT molecular complexity index is 585. The molecule has 2 aromatic rings. The number of benzene rings is 1. The van der Waals surface area contributed by atoms with E-state index in [1.807, 2.05) is 16.8 Å². The second-order valence-corrected chi connectivity index (χ2v) is 6.14. The van der Waals surface area contributed by atoms with Crippen LogP contribution in [0.2, 0.25) is 5.02 Å².